The van der Waals surface area contributed by atoms with Gasteiger partial charge in [0.25, 0.3) is 0 Å². The molecule has 0 radical (unpaired) electrons. The fourth-order valence-corrected chi connectivity index (χ4v) is 2.24. The van der Waals surface area contributed by atoms with Crippen LogP contribution >= 0.6 is 0 Å². The SMILES string of the molecule is C[C@@H](C(=O)N(C)CC(=O)O)N1CCCCCC1. The van der Waals surface area contributed by atoms with Crippen LogP contribution in [0.3, 0.4) is 0 Å². The van der Waals surface area contributed by atoms with Gasteiger partial charge in [0.15, 0.2) is 0 Å². The second-order valence-corrected chi connectivity index (χ2v) is 4.71. The van der Waals surface area contributed by atoms with E-state index in [-0.39, 0.29) is 18.5 Å². The predicted molar refractivity (Wildman–Crippen MR) is 64.8 cm³/mol. The zero-order valence-corrected chi connectivity index (χ0v) is 10.7. The van der Waals surface area contributed by atoms with Gasteiger partial charge in [0.2, 0.25) is 5.91 Å². The van der Waals surface area contributed by atoms with Crippen molar-refractivity contribution < 1.29 is 14.7 Å². The van der Waals surface area contributed by atoms with Crippen LogP contribution in [0.4, 0.5) is 0 Å². The van der Waals surface area contributed by atoms with Gasteiger partial charge in [-0.1, -0.05) is 12.8 Å². The first-order valence-electron chi connectivity index (χ1n) is 6.23. The Kier molecular flexibility index (Phi) is 5.41. The minimum atomic E-state index is -0.969. The minimum Gasteiger partial charge on any atom is -0.480 e. The smallest absolute Gasteiger partial charge is 0.323 e. The molecule has 1 amide bonds. The minimum absolute atomic E-state index is 0.102. The first kappa shape index (κ1) is 14.0. The third-order valence-corrected chi connectivity index (χ3v) is 3.29. The molecule has 98 valence electrons. The van der Waals surface area contributed by atoms with E-state index in [0.29, 0.717) is 0 Å². The topological polar surface area (TPSA) is 60.9 Å². The normalized spacial score (nSPS) is 19.4. The number of carboxylic acids is 1. The van der Waals surface area contributed by atoms with Crippen LogP contribution in [0.25, 0.3) is 0 Å². The molecule has 1 saturated heterocycles. The Hall–Kier alpha value is -1.10. The third kappa shape index (κ3) is 4.34. The van der Waals surface area contributed by atoms with Crippen molar-refractivity contribution in [2.24, 2.45) is 0 Å². The summed E-state index contributed by atoms with van der Waals surface area (Å²) < 4.78 is 0. The molecular formula is C12H22N2O3. The summed E-state index contributed by atoms with van der Waals surface area (Å²) in [6.07, 6.45) is 4.70. The maximum absolute atomic E-state index is 12.0. The molecule has 0 aliphatic carbocycles. The van der Waals surface area contributed by atoms with E-state index in [1.165, 1.54) is 17.7 Å². The molecular weight excluding hydrogens is 220 g/mol. The molecule has 0 bridgehead atoms. The van der Waals surface area contributed by atoms with Gasteiger partial charge in [-0.25, -0.2) is 0 Å². The summed E-state index contributed by atoms with van der Waals surface area (Å²) in [5.74, 6) is -1.07. The van der Waals surface area contributed by atoms with E-state index in [4.69, 9.17) is 5.11 Å². The molecule has 0 unspecified atom stereocenters. The molecule has 0 aromatic heterocycles. The van der Waals surface area contributed by atoms with Crippen LogP contribution in [0, 0.1) is 0 Å². The maximum Gasteiger partial charge on any atom is 0.323 e. The quantitative estimate of drug-likeness (QED) is 0.792. The average molecular weight is 242 g/mol. The van der Waals surface area contributed by atoms with Gasteiger partial charge in [0, 0.05) is 7.05 Å². The van der Waals surface area contributed by atoms with Gasteiger partial charge in [0.05, 0.1) is 6.04 Å². The summed E-state index contributed by atoms with van der Waals surface area (Å²) in [4.78, 5) is 26.0. The second kappa shape index (κ2) is 6.59. The number of likely N-dealkylation sites (tertiary alicyclic amines) is 1. The number of nitrogens with zero attached hydrogens (tertiary/aromatic N) is 2. The fraction of sp³-hybridized carbons (Fsp3) is 0.833. The van der Waals surface area contributed by atoms with Crippen molar-refractivity contribution in [3.8, 4) is 0 Å². The van der Waals surface area contributed by atoms with Crippen LogP contribution in [0.2, 0.25) is 0 Å². The van der Waals surface area contributed by atoms with Gasteiger partial charge in [-0.15, -0.1) is 0 Å². The van der Waals surface area contributed by atoms with E-state index in [1.54, 1.807) is 7.05 Å². The first-order chi connectivity index (χ1) is 8.02. The van der Waals surface area contributed by atoms with Gasteiger partial charge in [-0.2, -0.15) is 0 Å². The highest BCUT2D eigenvalue weighted by molar-refractivity contribution is 5.84. The standard InChI is InChI=1S/C12H22N2O3/c1-10(12(17)13(2)9-11(15)16)14-7-5-3-4-6-8-14/h10H,3-9H2,1-2H3,(H,15,16)/t10-/m0/s1. The highest BCUT2D eigenvalue weighted by atomic mass is 16.4. The molecule has 1 rings (SSSR count). The molecule has 0 saturated carbocycles. The van der Waals surface area contributed by atoms with E-state index < -0.39 is 5.97 Å². The molecule has 0 aromatic rings. The number of carbonyl (C=O) groups excluding carboxylic acids is 1. The number of rotatable bonds is 4. The molecule has 0 spiro atoms. The van der Waals surface area contributed by atoms with Crippen LogP contribution < -0.4 is 0 Å². The summed E-state index contributed by atoms with van der Waals surface area (Å²) in [5, 5.41) is 8.66. The van der Waals surface area contributed by atoms with E-state index in [1.807, 2.05) is 6.92 Å². The van der Waals surface area contributed by atoms with Crippen molar-refractivity contribution >= 4 is 11.9 Å². The molecule has 1 aliphatic rings. The second-order valence-electron chi connectivity index (χ2n) is 4.71. The van der Waals surface area contributed by atoms with E-state index >= 15 is 0 Å². The number of carbonyl (C=O) groups is 2. The summed E-state index contributed by atoms with van der Waals surface area (Å²) in [7, 11) is 1.55. The van der Waals surface area contributed by atoms with Crippen molar-refractivity contribution in [3.63, 3.8) is 0 Å². The van der Waals surface area contributed by atoms with Crippen molar-refractivity contribution in [3.05, 3.63) is 0 Å². The summed E-state index contributed by atoms with van der Waals surface area (Å²) in [5.41, 5.74) is 0. The molecule has 5 nitrogen and oxygen atoms in total. The van der Waals surface area contributed by atoms with Gasteiger partial charge < -0.3 is 10.0 Å². The Morgan fingerprint density at radius 2 is 1.76 bits per heavy atom. The van der Waals surface area contributed by atoms with Gasteiger partial charge >= 0.3 is 5.97 Å². The lowest BCUT2D eigenvalue weighted by atomic mass is 10.2. The Bertz CT molecular complexity index is 273. The molecule has 1 heterocycles. The predicted octanol–water partition coefficient (Wildman–Crippen LogP) is 0.794. The first-order valence-corrected chi connectivity index (χ1v) is 6.23. The third-order valence-electron chi connectivity index (χ3n) is 3.29. The lowest BCUT2D eigenvalue weighted by molar-refractivity contribution is -0.145. The molecule has 0 aromatic carbocycles. The molecule has 5 heteroatoms. The molecule has 1 aliphatic heterocycles. The Labute approximate surface area is 102 Å². The maximum atomic E-state index is 12.0. The van der Waals surface area contributed by atoms with Crippen molar-refractivity contribution in [2.75, 3.05) is 26.7 Å². The Morgan fingerprint density at radius 1 is 1.24 bits per heavy atom. The Balaban J connectivity index is 2.51. The highest BCUT2D eigenvalue weighted by Crippen LogP contribution is 2.13. The number of hydrogen-bond donors (Lipinski definition) is 1. The highest BCUT2D eigenvalue weighted by Gasteiger charge is 2.25. The number of hydrogen-bond acceptors (Lipinski definition) is 3. The van der Waals surface area contributed by atoms with Crippen LogP contribution in [0.1, 0.15) is 32.6 Å². The average Bonchev–Trinajstić information content (AvgIpc) is 2.54. The van der Waals surface area contributed by atoms with Gasteiger partial charge in [-0.3, -0.25) is 14.5 Å². The van der Waals surface area contributed by atoms with E-state index in [9.17, 15) is 9.59 Å². The van der Waals surface area contributed by atoms with Crippen molar-refractivity contribution in [1.82, 2.24) is 9.80 Å². The largest absolute Gasteiger partial charge is 0.480 e. The van der Waals surface area contributed by atoms with Gasteiger partial charge in [0.1, 0.15) is 6.54 Å². The van der Waals surface area contributed by atoms with Crippen LogP contribution in [0.5, 0.6) is 0 Å². The summed E-state index contributed by atoms with van der Waals surface area (Å²) >= 11 is 0. The zero-order chi connectivity index (χ0) is 12.8. The number of carboxylic acid groups (broad SMARTS) is 1. The number of likely N-dealkylation sites (N-methyl/N-ethyl adjacent to an activating group) is 1. The summed E-state index contributed by atoms with van der Waals surface area (Å²) in [6.45, 7) is 3.52. The summed E-state index contributed by atoms with van der Waals surface area (Å²) in [6, 6.07) is -0.211. The van der Waals surface area contributed by atoms with Crippen molar-refractivity contribution in [2.45, 2.75) is 38.6 Å². The number of aliphatic carboxylic acids is 1. The lowest BCUT2D eigenvalue weighted by Crippen LogP contribution is -2.47. The van der Waals surface area contributed by atoms with Crippen LogP contribution in [-0.4, -0.2) is 59.5 Å². The van der Waals surface area contributed by atoms with E-state index in [2.05, 4.69) is 4.90 Å². The zero-order valence-electron chi connectivity index (χ0n) is 10.7. The monoisotopic (exact) mass is 242 g/mol. The van der Waals surface area contributed by atoms with E-state index in [0.717, 1.165) is 25.9 Å². The Morgan fingerprint density at radius 3 is 2.24 bits per heavy atom. The van der Waals surface area contributed by atoms with Crippen LogP contribution in [0.15, 0.2) is 0 Å². The lowest BCUT2D eigenvalue weighted by Gasteiger charge is -2.29. The fourth-order valence-electron chi connectivity index (χ4n) is 2.24. The molecule has 1 fully saturated rings. The van der Waals surface area contributed by atoms with Crippen molar-refractivity contribution in [1.29, 1.82) is 0 Å². The molecule has 17 heavy (non-hydrogen) atoms. The molecule has 1 atom stereocenters. The number of amides is 1. The van der Waals surface area contributed by atoms with Crippen LogP contribution in [-0.2, 0) is 9.59 Å². The molecule has 1 N–H and O–H groups in total. The van der Waals surface area contributed by atoms with Gasteiger partial charge in [-0.05, 0) is 32.9 Å².